The molecular weight excluding hydrogens is 727 g/mol. The first-order valence-electron chi connectivity index (χ1n) is 20.6. The molecular formula is C58H37NO. The molecule has 0 aliphatic carbocycles. The van der Waals surface area contributed by atoms with Crippen LogP contribution in [0, 0.1) is 0 Å². The van der Waals surface area contributed by atoms with Gasteiger partial charge in [0, 0.05) is 39.0 Å². The van der Waals surface area contributed by atoms with Crippen LogP contribution in [0.3, 0.4) is 0 Å². The summed E-state index contributed by atoms with van der Waals surface area (Å²) < 4.78 is 6.80. The molecule has 0 saturated carbocycles. The van der Waals surface area contributed by atoms with E-state index >= 15 is 0 Å². The summed E-state index contributed by atoms with van der Waals surface area (Å²) in [5.41, 5.74) is 11.9. The summed E-state index contributed by atoms with van der Waals surface area (Å²) in [5, 5.41) is 12.2. The maximum absolute atomic E-state index is 6.80. The van der Waals surface area contributed by atoms with Crippen LogP contribution in [0.2, 0.25) is 0 Å². The minimum atomic E-state index is 0.902. The Morgan fingerprint density at radius 2 is 0.700 bits per heavy atom. The van der Waals surface area contributed by atoms with Gasteiger partial charge in [0.05, 0.1) is 0 Å². The normalized spacial score (nSPS) is 11.7. The fourth-order valence-corrected chi connectivity index (χ4v) is 9.34. The molecule has 0 aliphatic rings. The van der Waals surface area contributed by atoms with E-state index in [2.05, 4.69) is 229 Å². The molecule has 0 fully saturated rings. The topological polar surface area (TPSA) is 16.4 Å². The highest BCUT2D eigenvalue weighted by Crippen LogP contribution is 2.43. The second kappa shape index (κ2) is 13.9. The minimum Gasteiger partial charge on any atom is -0.455 e. The van der Waals surface area contributed by atoms with Crippen LogP contribution >= 0.6 is 0 Å². The van der Waals surface area contributed by atoms with Gasteiger partial charge in [-0.25, -0.2) is 0 Å². The highest BCUT2D eigenvalue weighted by atomic mass is 16.3. The Labute approximate surface area is 347 Å². The van der Waals surface area contributed by atoms with Gasteiger partial charge in [-0.05, 0) is 108 Å². The molecule has 0 aliphatic heterocycles. The second-order valence-corrected chi connectivity index (χ2v) is 15.6. The summed E-state index contributed by atoms with van der Waals surface area (Å²) in [5.74, 6) is 0. The largest absolute Gasteiger partial charge is 0.455 e. The molecule has 2 heteroatoms. The molecule has 0 amide bonds. The predicted octanol–water partition coefficient (Wildman–Crippen LogP) is 16.7. The number of nitrogens with zero attached hydrogens (tertiary/aromatic N) is 1. The Morgan fingerprint density at radius 1 is 0.250 bits per heavy atom. The molecule has 2 nitrogen and oxygen atoms in total. The maximum Gasteiger partial charge on any atom is 0.143 e. The van der Waals surface area contributed by atoms with E-state index in [0.717, 1.165) is 61.3 Å². The van der Waals surface area contributed by atoms with Gasteiger partial charge in [-0.1, -0.05) is 182 Å². The molecule has 1 aromatic heterocycles. The van der Waals surface area contributed by atoms with Crippen molar-refractivity contribution in [3.8, 4) is 33.4 Å². The van der Waals surface area contributed by atoms with Gasteiger partial charge in [0.15, 0.2) is 0 Å². The zero-order chi connectivity index (χ0) is 39.6. The lowest BCUT2D eigenvalue weighted by Crippen LogP contribution is -2.10. The fraction of sp³-hybridized carbons (Fsp3) is 0. The number of furan rings is 1. The van der Waals surface area contributed by atoms with Gasteiger partial charge in [-0.2, -0.15) is 0 Å². The molecule has 0 saturated heterocycles. The molecule has 1 heterocycles. The summed E-state index contributed by atoms with van der Waals surface area (Å²) in [6.07, 6.45) is 0. The lowest BCUT2D eigenvalue weighted by Gasteiger charge is -2.26. The SMILES string of the molecule is c1ccc(-c2cccc3c2oc2c(-c4ccc(N(c5ccc(-c6cc7ccccc7c7ccccc67)cc5)c5ccc6ccc7ccccc7c6c5)cc4)cccc23)cc1. The van der Waals surface area contributed by atoms with Crippen molar-refractivity contribution in [1.82, 2.24) is 0 Å². The molecule has 12 rings (SSSR count). The van der Waals surface area contributed by atoms with Crippen molar-refractivity contribution in [3.63, 3.8) is 0 Å². The van der Waals surface area contributed by atoms with Gasteiger partial charge < -0.3 is 9.32 Å². The third-order valence-electron chi connectivity index (χ3n) is 12.2. The molecule has 0 spiro atoms. The highest BCUT2D eigenvalue weighted by Gasteiger charge is 2.18. The summed E-state index contributed by atoms with van der Waals surface area (Å²) in [6.45, 7) is 0. The lowest BCUT2D eigenvalue weighted by atomic mass is 9.93. The van der Waals surface area contributed by atoms with Gasteiger partial charge in [0.25, 0.3) is 0 Å². The monoisotopic (exact) mass is 763 g/mol. The van der Waals surface area contributed by atoms with E-state index in [4.69, 9.17) is 4.42 Å². The number of para-hydroxylation sites is 2. The third kappa shape index (κ3) is 5.57. The Kier molecular flexibility index (Phi) is 7.89. The quantitative estimate of drug-likeness (QED) is 0.157. The molecule has 60 heavy (non-hydrogen) atoms. The van der Waals surface area contributed by atoms with Gasteiger partial charge in [-0.3, -0.25) is 0 Å². The average Bonchev–Trinajstić information content (AvgIpc) is 3.71. The number of benzene rings is 11. The van der Waals surface area contributed by atoms with E-state index in [1.54, 1.807) is 0 Å². The summed E-state index contributed by atoms with van der Waals surface area (Å²) in [4.78, 5) is 2.38. The summed E-state index contributed by atoms with van der Waals surface area (Å²) in [6, 6.07) is 81.1. The zero-order valence-corrected chi connectivity index (χ0v) is 32.7. The molecule has 280 valence electrons. The maximum atomic E-state index is 6.80. The molecule has 12 aromatic rings. The van der Waals surface area contributed by atoms with Crippen molar-refractivity contribution in [2.24, 2.45) is 0 Å². The smallest absolute Gasteiger partial charge is 0.143 e. The van der Waals surface area contributed by atoms with Crippen LogP contribution < -0.4 is 4.90 Å². The standard InChI is InChI=1S/C58H37NO/c1-2-12-38(13-3-1)49-20-10-22-53-54-23-11-21-50(58(54)60-57(49)53)40-26-31-44(32-27-40)59(46-35-30-41-25-24-39-14-4-6-16-47(39)56(41)37-46)45-33-28-42(29-34-45)55-36-43-15-5-7-17-48(43)51-18-8-9-19-52(51)55/h1-37H. The number of rotatable bonds is 6. The van der Waals surface area contributed by atoms with Crippen molar-refractivity contribution >= 4 is 82.1 Å². The van der Waals surface area contributed by atoms with Crippen LogP contribution in [0.1, 0.15) is 0 Å². The van der Waals surface area contributed by atoms with Crippen molar-refractivity contribution in [1.29, 1.82) is 0 Å². The first-order chi connectivity index (χ1) is 29.7. The van der Waals surface area contributed by atoms with E-state index in [1.807, 2.05) is 0 Å². The highest BCUT2D eigenvalue weighted by molar-refractivity contribution is 6.15. The fourth-order valence-electron chi connectivity index (χ4n) is 9.34. The van der Waals surface area contributed by atoms with E-state index in [1.165, 1.54) is 54.2 Å². The number of hydrogen-bond acceptors (Lipinski definition) is 2. The zero-order valence-electron chi connectivity index (χ0n) is 32.7. The van der Waals surface area contributed by atoms with Crippen LogP contribution in [0.5, 0.6) is 0 Å². The Hall–Kier alpha value is -7.94. The van der Waals surface area contributed by atoms with Crippen LogP contribution in [-0.4, -0.2) is 0 Å². The van der Waals surface area contributed by atoms with Gasteiger partial charge in [0.1, 0.15) is 11.2 Å². The average molecular weight is 764 g/mol. The van der Waals surface area contributed by atoms with Crippen LogP contribution in [0.15, 0.2) is 229 Å². The summed E-state index contributed by atoms with van der Waals surface area (Å²) >= 11 is 0. The van der Waals surface area contributed by atoms with Crippen molar-refractivity contribution in [2.75, 3.05) is 4.90 Å². The van der Waals surface area contributed by atoms with Gasteiger partial charge in [0.2, 0.25) is 0 Å². The molecule has 0 bridgehead atoms. The molecule has 0 atom stereocenters. The van der Waals surface area contributed by atoms with Gasteiger partial charge >= 0.3 is 0 Å². The Bertz CT molecular complexity index is 3580. The van der Waals surface area contributed by atoms with E-state index in [-0.39, 0.29) is 0 Å². The first kappa shape index (κ1) is 34.1. The van der Waals surface area contributed by atoms with Crippen molar-refractivity contribution in [3.05, 3.63) is 224 Å². The number of fused-ring (bicyclic) bond motifs is 9. The van der Waals surface area contributed by atoms with E-state index < -0.39 is 0 Å². The minimum absolute atomic E-state index is 0.902. The number of hydrogen-bond donors (Lipinski definition) is 0. The van der Waals surface area contributed by atoms with E-state index in [9.17, 15) is 0 Å². The van der Waals surface area contributed by atoms with Crippen LogP contribution in [0.25, 0.3) is 98.4 Å². The Morgan fingerprint density at radius 3 is 1.35 bits per heavy atom. The molecule has 0 unspecified atom stereocenters. The molecule has 0 N–H and O–H groups in total. The van der Waals surface area contributed by atoms with Crippen molar-refractivity contribution in [2.45, 2.75) is 0 Å². The first-order valence-corrected chi connectivity index (χ1v) is 20.6. The van der Waals surface area contributed by atoms with Crippen LogP contribution in [0.4, 0.5) is 17.1 Å². The third-order valence-corrected chi connectivity index (χ3v) is 12.2. The lowest BCUT2D eigenvalue weighted by molar-refractivity contribution is 0.671. The summed E-state index contributed by atoms with van der Waals surface area (Å²) in [7, 11) is 0. The second-order valence-electron chi connectivity index (χ2n) is 15.6. The van der Waals surface area contributed by atoms with Gasteiger partial charge in [-0.15, -0.1) is 0 Å². The Balaban J connectivity index is 0.990. The molecule has 0 radical (unpaired) electrons. The molecule has 11 aromatic carbocycles. The number of anilines is 3. The predicted molar refractivity (Wildman–Crippen MR) is 255 cm³/mol. The van der Waals surface area contributed by atoms with E-state index in [0.29, 0.717) is 0 Å². The van der Waals surface area contributed by atoms with Crippen LogP contribution in [-0.2, 0) is 0 Å². The van der Waals surface area contributed by atoms with Crippen molar-refractivity contribution < 1.29 is 4.42 Å².